The molecule has 0 radical (unpaired) electrons. The first-order valence-corrected chi connectivity index (χ1v) is 7.01. The highest BCUT2D eigenvalue weighted by molar-refractivity contribution is 14.1. The fourth-order valence-corrected chi connectivity index (χ4v) is 2.47. The van der Waals surface area contributed by atoms with Crippen molar-refractivity contribution in [3.8, 4) is 0 Å². The van der Waals surface area contributed by atoms with Crippen LogP contribution >= 0.6 is 22.6 Å². The number of hydrogen-bond acceptors (Lipinski definition) is 3. The van der Waals surface area contributed by atoms with Gasteiger partial charge < -0.3 is 15.2 Å². The minimum atomic E-state index is -1.01. The Labute approximate surface area is 124 Å². The van der Waals surface area contributed by atoms with Crippen molar-refractivity contribution in [1.82, 2.24) is 0 Å². The second kappa shape index (κ2) is 5.87. The van der Waals surface area contributed by atoms with Gasteiger partial charge in [0.25, 0.3) is 5.91 Å². The van der Waals surface area contributed by atoms with Gasteiger partial charge in [0.1, 0.15) is 6.10 Å². The van der Waals surface area contributed by atoms with Gasteiger partial charge in [0.15, 0.2) is 6.10 Å². The Morgan fingerprint density at radius 1 is 1.37 bits per heavy atom. The van der Waals surface area contributed by atoms with E-state index in [1.807, 2.05) is 25.1 Å². The van der Waals surface area contributed by atoms with E-state index < -0.39 is 18.2 Å². The molecule has 2 rings (SSSR count). The van der Waals surface area contributed by atoms with Crippen molar-refractivity contribution in [1.29, 1.82) is 0 Å². The Morgan fingerprint density at radius 2 is 2.05 bits per heavy atom. The number of benzene rings is 1. The number of halogens is 1. The van der Waals surface area contributed by atoms with E-state index in [0.717, 1.165) is 14.8 Å². The number of anilines is 1. The van der Waals surface area contributed by atoms with Crippen LogP contribution in [-0.4, -0.2) is 29.2 Å². The molecule has 5 nitrogen and oxygen atoms in total. The molecule has 102 valence electrons. The number of aliphatic carboxylic acids is 1. The van der Waals surface area contributed by atoms with Crippen molar-refractivity contribution in [2.45, 2.75) is 32.0 Å². The first-order chi connectivity index (χ1) is 8.99. The zero-order valence-electron chi connectivity index (χ0n) is 10.4. The molecule has 1 amide bonds. The molecule has 1 heterocycles. The van der Waals surface area contributed by atoms with Crippen LogP contribution in [0.1, 0.15) is 18.4 Å². The van der Waals surface area contributed by atoms with Gasteiger partial charge in [-0.1, -0.05) is 6.07 Å². The molecule has 1 fully saturated rings. The van der Waals surface area contributed by atoms with Crippen LogP contribution in [0.5, 0.6) is 0 Å². The first-order valence-electron chi connectivity index (χ1n) is 5.93. The summed E-state index contributed by atoms with van der Waals surface area (Å²) >= 11 is 2.20. The van der Waals surface area contributed by atoms with Gasteiger partial charge in [-0.25, -0.2) is 4.79 Å². The van der Waals surface area contributed by atoms with Crippen molar-refractivity contribution in [3.63, 3.8) is 0 Å². The second-order valence-corrected chi connectivity index (χ2v) is 5.59. The number of rotatable bonds is 3. The maximum absolute atomic E-state index is 12.0. The molecule has 1 aliphatic heterocycles. The molecule has 1 aromatic rings. The lowest BCUT2D eigenvalue weighted by Crippen LogP contribution is -2.30. The lowest BCUT2D eigenvalue weighted by Gasteiger charge is -2.14. The standard InChI is InChI=1S/C13H14INO4/c1-7-8(14)3-2-4-9(7)15-12(16)10-5-6-11(19-10)13(17)18/h2-4,10-11H,5-6H2,1H3,(H,15,16)(H,17,18). The third-order valence-electron chi connectivity index (χ3n) is 3.11. The number of carbonyl (C=O) groups is 2. The molecule has 19 heavy (non-hydrogen) atoms. The minimum absolute atomic E-state index is 0.283. The fraction of sp³-hybridized carbons (Fsp3) is 0.385. The number of nitrogens with one attached hydrogen (secondary N) is 1. The normalized spacial score (nSPS) is 22.2. The third-order valence-corrected chi connectivity index (χ3v) is 4.28. The molecule has 2 atom stereocenters. The number of carboxylic acid groups (broad SMARTS) is 1. The molecule has 1 saturated heterocycles. The average molecular weight is 375 g/mol. The van der Waals surface area contributed by atoms with E-state index in [4.69, 9.17) is 9.84 Å². The molecule has 0 bridgehead atoms. The average Bonchev–Trinajstić information content (AvgIpc) is 2.84. The van der Waals surface area contributed by atoms with Crippen LogP contribution < -0.4 is 5.32 Å². The molecule has 0 saturated carbocycles. The van der Waals surface area contributed by atoms with Crippen LogP contribution in [0.15, 0.2) is 18.2 Å². The van der Waals surface area contributed by atoms with Crippen LogP contribution in [0.2, 0.25) is 0 Å². The van der Waals surface area contributed by atoms with Gasteiger partial charge >= 0.3 is 5.97 Å². The topological polar surface area (TPSA) is 75.6 Å². The molecule has 6 heteroatoms. The Morgan fingerprint density at radius 3 is 2.68 bits per heavy atom. The molecule has 0 aliphatic carbocycles. The maximum atomic E-state index is 12.0. The lowest BCUT2D eigenvalue weighted by atomic mass is 10.1. The smallest absolute Gasteiger partial charge is 0.332 e. The Hall–Kier alpha value is -1.15. The zero-order valence-corrected chi connectivity index (χ0v) is 12.5. The van der Waals surface area contributed by atoms with Gasteiger partial charge in [-0.3, -0.25) is 4.79 Å². The van der Waals surface area contributed by atoms with Gasteiger partial charge in [0, 0.05) is 9.26 Å². The van der Waals surface area contributed by atoms with Crippen molar-refractivity contribution in [3.05, 3.63) is 27.3 Å². The summed E-state index contributed by atoms with van der Waals surface area (Å²) in [6.45, 7) is 1.92. The first kappa shape index (κ1) is 14.3. The highest BCUT2D eigenvalue weighted by atomic mass is 127. The van der Waals surface area contributed by atoms with E-state index in [9.17, 15) is 9.59 Å². The number of carboxylic acids is 1. The van der Waals surface area contributed by atoms with Crippen molar-refractivity contribution in [2.24, 2.45) is 0 Å². The SMILES string of the molecule is Cc1c(I)cccc1NC(=O)C1CCC(C(=O)O)O1. The quantitative estimate of drug-likeness (QED) is 0.795. The molecular formula is C13H14INO4. The second-order valence-electron chi connectivity index (χ2n) is 4.43. The Balaban J connectivity index is 2.02. The molecule has 0 spiro atoms. The Bertz CT molecular complexity index is 517. The summed E-state index contributed by atoms with van der Waals surface area (Å²) in [6, 6.07) is 5.64. The number of carbonyl (C=O) groups excluding carboxylic acids is 1. The summed E-state index contributed by atoms with van der Waals surface area (Å²) in [7, 11) is 0. The molecule has 0 aromatic heterocycles. The summed E-state index contributed by atoms with van der Waals surface area (Å²) in [5.41, 5.74) is 1.73. The lowest BCUT2D eigenvalue weighted by molar-refractivity contribution is -0.150. The zero-order chi connectivity index (χ0) is 14.0. The fourth-order valence-electron chi connectivity index (χ4n) is 1.97. The summed E-state index contributed by atoms with van der Waals surface area (Å²) in [6.07, 6.45) is -0.740. The van der Waals surface area contributed by atoms with Gasteiger partial charge in [-0.15, -0.1) is 0 Å². The van der Waals surface area contributed by atoms with E-state index in [1.54, 1.807) is 0 Å². The van der Waals surface area contributed by atoms with Crippen LogP contribution in [0.3, 0.4) is 0 Å². The Kier molecular flexibility index (Phi) is 4.41. The van der Waals surface area contributed by atoms with E-state index in [1.165, 1.54) is 0 Å². The maximum Gasteiger partial charge on any atom is 0.332 e. The van der Waals surface area contributed by atoms with Crippen LogP contribution in [-0.2, 0) is 14.3 Å². The van der Waals surface area contributed by atoms with Crippen LogP contribution in [0.4, 0.5) is 5.69 Å². The van der Waals surface area contributed by atoms with Gasteiger partial charge in [0.2, 0.25) is 0 Å². The van der Waals surface area contributed by atoms with E-state index >= 15 is 0 Å². The van der Waals surface area contributed by atoms with Crippen molar-refractivity contribution < 1.29 is 19.4 Å². The number of hydrogen-bond donors (Lipinski definition) is 2. The highest BCUT2D eigenvalue weighted by Gasteiger charge is 2.34. The summed E-state index contributed by atoms with van der Waals surface area (Å²) in [5, 5.41) is 11.6. The molecule has 1 aromatic carbocycles. The van der Waals surface area contributed by atoms with Gasteiger partial charge in [0.05, 0.1) is 0 Å². The molecule has 2 N–H and O–H groups in total. The van der Waals surface area contributed by atoms with Crippen molar-refractivity contribution in [2.75, 3.05) is 5.32 Å². The number of ether oxygens (including phenoxy) is 1. The summed E-state index contributed by atoms with van der Waals surface area (Å²) in [4.78, 5) is 22.8. The van der Waals surface area contributed by atoms with Crippen molar-refractivity contribution >= 4 is 40.2 Å². The minimum Gasteiger partial charge on any atom is -0.479 e. The largest absolute Gasteiger partial charge is 0.479 e. The van der Waals surface area contributed by atoms with Gasteiger partial charge in [-0.05, 0) is 60.1 Å². The summed E-state index contributed by atoms with van der Waals surface area (Å²) in [5.74, 6) is -1.30. The molecule has 1 aliphatic rings. The number of amides is 1. The predicted molar refractivity (Wildman–Crippen MR) is 78.1 cm³/mol. The molecule has 2 unspecified atom stereocenters. The monoisotopic (exact) mass is 375 g/mol. The van der Waals surface area contributed by atoms with Crippen LogP contribution in [0, 0.1) is 10.5 Å². The van der Waals surface area contributed by atoms with Crippen LogP contribution in [0.25, 0.3) is 0 Å². The highest BCUT2D eigenvalue weighted by Crippen LogP contribution is 2.24. The summed E-state index contributed by atoms with van der Waals surface area (Å²) < 4.78 is 6.27. The van der Waals surface area contributed by atoms with E-state index in [0.29, 0.717) is 12.8 Å². The third kappa shape index (κ3) is 3.24. The van der Waals surface area contributed by atoms with Gasteiger partial charge in [-0.2, -0.15) is 0 Å². The molecular weight excluding hydrogens is 361 g/mol. The van der Waals surface area contributed by atoms with E-state index in [2.05, 4.69) is 27.9 Å². The van der Waals surface area contributed by atoms with E-state index in [-0.39, 0.29) is 5.91 Å². The predicted octanol–water partition coefficient (Wildman–Crippen LogP) is 2.17.